The van der Waals surface area contributed by atoms with Crippen molar-refractivity contribution in [3.63, 3.8) is 0 Å². The van der Waals surface area contributed by atoms with Gasteiger partial charge in [-0.15, -0.1) is 0 Å². The maximum atomic E-state index is 13.2. The molecular weight excluding hydrogens is 532 g/mol. The van der Waals surface area contributed by atoms with Crippen molar-refractivity contribution in [2.75, 3.05) is 10.7 Å². The number of carbonyl (C=O) groups is 3. The third-order valence-corrected chi connectivity index (χ3v) is 6.39. The number of amides is 3. The number of aromatic nitrogens is 1. The SMILES string of the molecule is Cc1ccc(NC(=O)c2cc3cc(Br)ccc3n2NC(=O)C(=O)N[C@@H](C)c2ccccc2)cc1Cl. The number of nitrogens with zero attached hydrogens (tertiary/aromatic N) is 1. The maximum absolute atomic E-state index is 13.2. The van der Waals surface area contributed by atoms with Crippen molar-refractivity contribution in [2.45, 2.75) is 19.9 Å². The Morgan fingerprint density at radius 3 is 2.40 bits per heavy atom. The van der Waals surface area contributed by atoms with E-state index in [1.165, 1.54) is 4.68 Å². The molecule has 35 heavy (non-hydrogen) atoms. The topological polar surface area (TPSA) is 92.2 Å². The molecule has 0 saturated heterocycles. The number of benzene rings is 3. The van der Waals surface area contributed by atoms with E-state index in [-0.39, 0.29) is 11.7 Å². The van der Waals surface area contributed by atoms with Gasteiger partial charge in [-0.1, -0.05) is 63.9 Å². The quantitative estimate of drug-likeness (QED) is 0.282. The normalized spacial score (nSPS) is 11.7. The first kappa shape index (κ1) is 24.5. The molecule has 9 heteroatoms. The molecule has 0 aliphatic carbocycles. The van der Waals surface area contributed by atoms with Gasteiger partial charge in [-0.25, -0.2) is 4.68 Å². The molecule has 178 valence electrons. The minimum Gasteiger partial charge on any atom is -0.341 e. The lowest BCUT2D eigenvalue weighted by atomic mass is 10.1. The molecule has 0 aliphatic rings. The fourth-order valence-electron chi connectivity index (χ4n) is 3.58. The number of nitrogens with one attached hydrogen (secondary N) is 3. The van der Waals surface area contributed by atoms with Crippen LogP contribution in [0.15, 0.2) is 77.3 Å². The summed E-state index contributed by atoms with van der Waals surface area (Å²) < 4.78 is 2.11. The van der Waals surface area contributed by atoms with Crippen LogP contribution in [0.3, 0.4) is 0 Å². The number of anilines is 1. The van der Waals surface area contributed by atoms with E-state index in [4.69, 9.17) is 11.6 Å². The van der Waals surface area contributed by atoms with Crippen molar-refractivity contribution in [1.29, 1.82) is 0 Å². The number of halogens is 2. The van der Waals surface area contributed by atoms with Crippen LogP contribution in [0.5, 0.6) is 0 Å². The van der Waals surface area contributed by atoms with Gasteiger partial charge in [0.05, 0.1) is 11.6 Å². The molecule has 1 aromatic heterocycles. The molecule has 0 radical (unpaired) electrons. The predicted molar refractivity (Wildman–Crippen MR) is 141 cm³/mol. The molecular formula is C26H22BrClN4O3. The summed E-state index contributed by atoms with van der Waals surface area (Å²) in [5, 5.41) is 6.69. The molecule has 0 spiro atoms. The highest BCUT2D eigenvalue weighted by atomic mass is 79.9. The summed E-state index contributed by atoms with van der Waals surface area (Å²) in [5.41, 5.74) is 5.51. The first-order valence-electron chi connectivity index (χ1n) is 10.8. The van der Waals surface area contributed by atoms with Crippen molar-refractivity contribution >= 4 is 61.8 Å². The molecule has 3 aromatic carbocycles. The van der Waals surface area contributed by atoms with Crippen LogP contribution in [-0.4, -0.2) is 22.4 Å². The number of rotatable bonds is 5. The van der Waals surface area contributed by atoms with Gasteiger partial charge in [0.1, 0.15) is 5.69 Å². The van der Waals surface area contributed by atoms with Crippen LogP contribution in [0.4, 0.5) is 5.69 Å². The van der Waals surface area contributed by atoms with Gasteiger partial charge in [0.15, 0.2) is 0 Å². The molecule has 0 saturated carbocycles. The third kappa shape index (κ3) is 5.55. The fraction of sp³-hybridized carbons (Fsp3) is 0.115. The molecule has 0 bridgehead atoms. The molecule has 0 aliphatic heterocycles. The van der Waals surface area contributed by atoms with E-state index in [2.05, 4.69) is 32.0 Å². The largest absolute Gasteiger partial charge is 0.341 e. The van der Waals surface area contributed by atoms with Crippen LogP contribution in [0, 0.1) is 6.92 Å². The van der Waals surface area contributed by atoms with Crippen LogP contribution in [-0.2, 0) is 9.59 Å². The van der Waals surface area contributed by atoms with Crippen LogP contribution in [0.25, 0.3) is 10.9 Å². The number of hydrogen-bond acceptors (Lipinski definition) is 3. The second-order valence-electron chi connectivity index (χ2n) is 8.03. The van der Waals surface area contributed by atoms with Gasteiger partial charge in [-0.3, -0.25) is 19.8 Å². The molecule has 0 unspecified atom stereocenters. The van der Waals surface area contributed by atoms with Gasteiger partial charge in [0.25, 0.3) is 5.91 Å². The Balaban J connectivity index is 1.60. The Morgan fingerprint density at radius 2 is 1.69 bits per heavy atom. The number of fused-ring (bicyclic) bond motifs is 1. The van der Waals surface area contributed by atoms with Crippen molar-refractivity contribution in [3.8, 4) is 0 Å². The highest BCUT2D eigenvalue weighted by Gasteiger charge is 2.22. The summed E-state index contributed by atoms with van der Waals surface area (Å²) in [6, 6.07) is 21.1. The first-order valence-corrected chi connectivity index (χ1v) is 12.0. The predicted octanol–water partition coefficient (Wildman–Crippen LogP) is 5.57. The first-order chi connectivity index (χ1) is 16.7. The van der Waals surface area contributed by atoms with E-state index < -0.39 is 17.7 Å². The molecule has 7 nitrogen and oxygen atoms in total. The summed E-state index contributed by atoms with van der Waals surface area (Å²) in [6.45, 7) is 3.65. The average molecular weight is 554 g/mol. The van der Waals surface area contributed by atoms with Crippen molar-refractivity contribution in [2.24, 2.45) is 0 Å². The minimum atomic E-state index is -0.902. The van der Waals surface area contributed by atoms with Gasteiger partial charge in [-0.05, 0) is 61.4 Å². The second-order valence-corrected chi connectivity index (χ2v) is 9.36. The van der Waals surface area contributed by atoms with Crippen LogP contribution in [0.1, 0.15) is 34.6 Å². The van der Waals surface area contributed by atoms with Crippen molar-refractivity contribution in [1.82, 2.24) is 9.99 Å². The van der Waals surface area contributed by atoms with E-state index in [1.54, 1.807) is 43.3 Å². The zero-order chi connectivity index (χ0) is 25.1. The average Bonchev–Trinajstić information content (AvgIpc) is 3.19. The van der Waals surface area contributed by atoms with E-state index in [0.717, 1.165) is 15.6 Å². The summed E-state index contributed by atoms with van der Waals surface area (Å²) in [7, 11) is 0. The number of aryl methyl sites for hydroxylation is 1. The molecule has 3 N–H and O–H groups in total. The van der Waals surface area contributed by atoms with Gasteiger partial charge in [0, 0.05) is 20.6 Å². The molecule has 1 atom stereocenters. The third-order valence-electron chi connectivity index (χ3n) is 5.49. The fourth-order valence-corrected chi connectivity index (χ4v) is 4.14. The molecule has 1 heterocycles. The Hall–Kier alpha value is -3.62. The Labute approximate surface area is 215 Å². The van der Waals surface area contributed by atoms with Crippen LogP contribution in [0.2, 0.25) is 5.02 Å². The molecule has 3 amide bonds. The van der Waals surface area contributed by atoms with Crippen LogP contribution >= 0.6 is 27.5 Å². The van der Waals surface area contributed by atoms with Gasteiger partial charge < -0.3 is 10.6 Å². The molecule has 4 aromatic rings. The van der Waals surface area contributed by atoms with E-state index >= 15 is 0 Å². The Morgan fingerprint density at radius 1 is 0.943 bits per heavy atom. The number of carbonyl (C=O) groups excluding carboxylic acids is 3. The summed E-state index contributed by atoms with van der Waals surface area (Å²) >= 11 is 9.60. The zero-order valence-electron chi connectivity index (χ0n) is 18.9. The van der Waals surface area contributed by atoms with Crippen LogP contribution < -0.4 is 16.1 Å². The lowest BCUT2D eigenvalue weighted by molar-refractivity contribution is -0.137. The lowest BCUT2D eigenvalue weighted by Gasteiger charge is -2.16. The highest BCUT2D eigenvalue weighted by molar-refractivity contribution is 9.10. The Bertz CT molecular complexity index is 1440. The van der Waals surface area contributed by atoms with Gasteiger partial charge in [-0.2, -0.15) is 0 Å². The monoisotopic (exact) mass is 552 g/mol. The Kier molecular flexibility index (Phi) is 7.23. The van der Waals surface area contributed by atoms with Crippen molar-refractivity contribution < 1.29 is 14.4 Å². The maximum Gasteiger partial charge on any atom is 0.328 e. The van der Waals surface area contributed by atoms with E-state index in [0.29, 0.717) is 21.6 Å². The standard InChI is InChI=1S/C26H22BrClN4O3/c1-15-8-10-20(14-21(15)28)30-24(33)23-13-18-12-19(27)9-11-22(18)32(23)31-26(35)25(34)29-16(2)17-6-4-3-5-7-17/h3-14,16H,1-2H3,(H,29,34)(H,30,33)(H,31,35)/t16-/m0/s1. The van der Waals surface area contributed by atoms with Gasteiger partial charge in [0.2, 0.25) is 0 Å². The second kappa shape index (κ2) is 10.3. The summed E-state index contributed by atoms with van der Waals surface area (Å²) in [4.78, 5) is 38.6. The summed E-state index contributed by atoms with van der Waals surface area (Å²) in [5.74, 6) is -2.20. The minimum absolute atomic E-state index is 0.145. The number of hydrogen-bond donors (Lipinski definition) is 3. The lowest BCUT2D eigenvalue weighted by Crippen LogP contribution is -2.40. The van der Waals surface area contributed by atoms with E-state index in [1.807, 2.05) is 43.3 Å². The molecule has 0 fully saturated rings. The smallest absolute Gasteiger partial charge is 0.328 e. The zero-order valence-corrected chi connectivity index (χ0v) is 21.3. The summed E-state index contributed by atoms with van der Waals surface area (Å²) in [6.07, 6.45) is 0. The van der Waals surface area contributed by atoms with Crippen molar-refractivity contribution in [3.05, 3.63) is 99.1 Å². The highest BCUT2D eigenvalue weighted by Crippen LogP contribution is 2.25. The van der Waals surface area contributed by atoms with Gasteiger partial charge >= 0.3 is 11.8 Å². The van der Waals surface area contributed by atoms with E-state index in [9.17, 15) is 14.4 Å². The molecule has 4 rings (SSSR count).